The van der Waals surface area contributed by atoms with E-state index in [1.807, 2.05) is 25.3 Å². The fourth-order valence-electron chi connectivity index (χ4n) is 1.65. The molecular weight excluding hydrogens is 246 g/mol. The Balaban J connectivity index is 1.81. The Bertz CT molecular complexity index is 540. The number of nitrogens with one attached hydrogen (secondary N) is 1. The van der Waals surface area contributed by atoms with Gasteiger partial charge in [-0.25, -0.2) is 4.79 Å². The SMILES string of the molecule is C[C@H](NCCn1cc(C(=O)O)nn1)c1cccnc1. The summed E-state index contributed by atoms with van der Waals surface area (Å²) < 4.78 is 1.51. The number of carboxylic acid groups (broad SMARTS) is 1. The molecular formula is C12H15N5O2. The Morgan fingerprint density at radius 3 is 3.05 bits per heavy atom. The minimum atomic E-state index is -1.07. The normalized spacial score (nSPS) is 12.3. The predicted molar refractivity (Wildman–Crippen MR) is 67.6 cm³/mol. The van der Waals surface area contributed by atoms with E-state index in [0.29, 0.717) is 13.1 Å². The molecule has 2 aromatic rings. The molecule has 7 heteroatoms. The van der Waals surface area contributed by atoms with Crippen molar-refractivity contribution in [3.05, 3.63) is 42.0 Å². The molecule has 100 valence electrons. The fraction of sp³-hybridized carbons (Fsp3) is 0.333. The Labute approximate surface area is 110 Å². The Morgan fingerprint density at radius 1 is 1.58 bits per heavy atom. The molecule has 0 unspecified atom stereocenters. The summed E-state index contributed by atoms with van der Waals surface area (Å²) in [5.74, 6) is -1.07. The van der Waals surface area contributed by atoms with Gasteiger partial charge in [0.1, 0.15) is 0 Å². The molecule has 0 bridgehead atoms. The Morgan fingerprint density at radius 2 is 2.42 bits per heavy atom. The van der Waals surface area contributed by atoms with E-state index in [-0.39, 0.29) is 11.7 Å². The van der Waals surface area contributed by atoms with Crippen molar-refractivity contribution >= 4 is 5.97 Å². The van der Waals surface area contributed by atoms with Crippen LogP contribution in [0, 0.1) is 0 Å². The third kappa shape index (κ3) is 3.59. The molecule has 0 aliphatic heterocycles. The molecule has 0 amide bonds. The van der Waals surface area contributed by atoms with E-state index in [2.05, 4.69) is 20.6 Å². The molecule has 0 aromatic carbocycles. The van der Waals surface area contributed by atoms with E-state index >= 15 is 0 Å². The number of rotatable bonds is 6. The lowest BCUT2D eigenvalue weighted by molar-refractivity contribution is 0.0690. The predicted octanol–water partition coefficient (Wildman–Crippen LogP) is 0.722. The van der Waals surface area contributed by atoms with Gasteiger partial charge in [0.25, 0.3) is 0 Å². The third-order valence-corrected chi connectivity index (χ3v) is 2.73. The molecule has 1 atom stereocenters. The van der Waals surface area contributed by atoms with E-state index in [4.69, 9.17) is 5.11 Å². The molecule has 19 heavy (non-hydrogen) atoms. The van der Waals surface area contributed by atoms with Gasteiger partial charge in [-0.15, -0.1) is 5.10 Å². The molecule has 2 rings (SSSR count). The lowest BCUT2D eigenvalue weighted by atomic mass is 10.1. The topological polar surface area (TPSA) is 92.9 Å². The van der Waals surface area contributed by atoms with Gasteiger partial charge in [-0.3, -0.25) is 9.67 Å². The summed E-state index contributed by atoms with van der Waals surface area (Å²) in [5.41, 5.74) is 1.06. The minimum Gasteiger partial charge on any atom is -0.476 e. The second-order valence-electron chi connectivity index (χ2n) is 4.13. The molecule has 0 saturated carbocycles. The number of hydrogen-bond acceptors (Lipinski definition) is 5. The average molecular weight is 261 g/mol. The van der Waals surface area contributed by atoms with Crippen molar-refractivity contribution in [1.82, 2.24) is 25.3 Å². The molecule has 0 aliphatic carbocycles. The number of aromatic nitrogens is 4. The number of carbonyl (C=O) groups is 1. The Kier molecular flexibility index (Phi) is 4.19. The van der Waals surface area contributed by atoms with Crippen molar-refractivity contribution in [3.8, 4) is 0 Å². The van der Waals surface area contributed by atoms with Crippen molar-refractivity contribution in [2.45, 2.75) is 19.5 Å². The molecule has 2 heterocycles. The summed E-state index contributed by atoms with van der Waals surface area (Å²) in [6, 6.07) is 4.07. The number of carboxylic acids is 1. The molecule has 0 spiro atoms. The zero-order valence-electron chi connectivity index (χ0n) is 10.5. The zero-order valence-corrected chi connectivity index (χ0v) is 10.5. The van der Waals surface area contributed by atoms with Gasteiger partial charge in [-0.05, 0) is 18.6 Å². The van der Waals surface area contributed by atoms with E-state index in [1.165, 1.54) is 10.9 Å². The van der Waals surface area contributed by atoms with Gasteiger partial charge in [0, 0.05) is 25.0 Å². The highest BCUT2D eigenvalue weighted by atomic mass is 16.4. The monoisotopic (exact) mass is 261 g/mol. The Hall–Kier alpha value is -2.28. The summed E-state index contributed by atoms with van der Waals surface area (Å²) in [6.45, 7) is 3.27. The second kappa shape index (κ2) is 6.05. The first-order valence-corrected chi connectivity index (χ1v) is 5.93. The fourth-order valence-corrected chi connectivity index (χ4v) is 1.65. The minimum absolute atomic E-state index is 0.0414. The highest BCUT2D eigenvalue weighted by Crippen LogP contribution is 2.08. The van der Waals surface area contributed by atoms with E-state index in [1.54, 1.807) is 6.20 Å². The first-order chi connectivity index (χ1) is 9.16. The van der Waals surface area contributed by atoms with Crippen molar-refractivity contribution in [1.29, 1.82) is 0 Å². The standard InChI is InChI=1S/C12H15N5O2/c1-9(10-3-2-4-13-7-10)14-5-6-17-8-11(12(18)19)15-16-17/h2-4,7-9,14H,5-6H2,1H3,(H,18,19)/t9-/m0/s1. The van der Waals surface area contributed by atoms with Crippen molar-refractivity contribution in [2.75, 3.05) is 6.54 Å². The maximum absolute atomic E-state index is 10.6. The van der Waals surface area contributed by atoms with Crippen LogP contribution in [0.3, 0.4) is 0 Å². The van der Waals surface area contributed by atoms with Gasteiger partial charge >= 0.3 is 5.97 Å². The summed E-state index contributed by atoms with van der Waals surface area (Å²) in [5, 5.41) is 19.3. The van der Waals surface area contributed by atoms with Crippen LogP contribution < -0.4 is 5.32 Å². The van der Waals surface area contributed by atoms with Crippen LogP contribution in [-0.4, -0.2) is 37.6 Å². The number of aromatic carboxylic acids is 1. The van der Waals surface area contributed by atoms with Crippen LogP contribution in [0.1, 0.15) is 29.0 Å². The van der Waals surface area contributed by atoms with E-state index in [0.717, 1.165) is 5.56 Å². The van der Waals surface area contributed by atoms with Crippen LogP contribution in [0.25, 0.3) is 0 Å². The number of hydrogen-bond donors (Lipinski definition) is 2. The van der Waals surface area contributed by atoms with E-state index < -0.39 is 5.97 Å². The molecule has 2 aromatic heterocycles. The van der Waals surface area contributed by atoms with Gasteiger partial charge < -0.3 is 10.4 Å². The number of pyridine rings is 1. The molecule has 0 radical (unpaired) electrons. The van der Waals surface area contributed by atoms with Crippen LogP contribution in [0.5, 0.6) is 0 Å². The first kappa shape index (κ1) is 13.2. The van der Waals surface area contributed by atoms with Crippen molar-refractivity contribution < 1.29 is 9.90 Å². The van der Waals surface area contributed by atoms with Gasteiger partial charge in [-0.1, -0.05) is 11.3 Å². The van der Waals surface area contributed by atoms with Crippen LogP contribution in [0.4, 0.5) is 0 Å². The maximum Gasteiger partial charge on any atom is 0.358 e. The summed E-state index contributed by atoms with van der Waals surface area (Å²) >= 11 is 0. The molecule has 0 saturated heterocycles. The van der Waals surface area contributed by atoms with Crippen molar-refractivity contribution in [2.24, 2.45) is 0 Å². The highest BCUT2D eigenvalue weighted by molar-refractivity contribution is 5.84. The summed E-state index contributed by atoms with van der Waals surface area (Å²) in [6.07, 6.45) is 4.97. The average Bonchev–Trinajstić information content (AvgIpc) is 2.89. The summed E-state index contributed by atoms with van der Waals surface area (Å²) in [7, 11) is 0. The van der Waals surface area contributed by atoms with E-state index in [9.17, 15) is 4.79 Å². The second-order valence-corrected chi connectivity index (χ2v) is 4.13. The van der Waals surface area contributed by atoms with Crippen LogP contribution in [0.2, 0.25) is 0 Å². The van der Waals surface area contributed by atoms with Crippen LogP contribution in [0.15, 0.2) is 30.7 Å². The molecule has 7 nitrogen and oxygen atoms in total. The van der Waals surface area contributed by atoms with Gasteiger partial charge in [0.05, 0.1) is 12.7 Å². The third-order valence-electron chi connectivity index (χ3n) is 2.73. The lowest BCUT2D eigenvalue weighted by Crippen LogP contribution is -2.23. The highest BCUT2D eigenvalue weighted by Gasteiger charge is 2.08. The first-order valence-electron chi connectivity index (χ1n) is 5.93. The van der Waals surface area contributed by atoms with Gasteiger partial charge in [0.15, 0.2) is 5.69 Å². The smallest absolute Gasteiger partial charge is 0.358 e. The zero-order chi connectivity index (χ0) is 13.7. The largest absolute Gasteiger partial charge is 0.476 e. The lowest BCUT2D eigenvalue weighted by Gasteiger charge is -2.13. The van der Waals surface area contributed by atoms with Crippen LogP contribution in [-0.2, 0) is 6.54 Å². The number of nitrogens with zero attached hydrogens (tertiary/aromatic N) is 4. The maximum atomic E-state index is 10.6. The molecule has 2 N–H and O–H groups in total. The van der Waals surface area contributed by atoms with Gasteiger partial charge in [0.2, 0.25) is 0 Å². The molecule has 0 aliphatic rings. The van der Waals surface area contributed by atoms with Crippen LogP contribution >= 0.6 is 0 Å². The summed E-state index contributed by atoms with van der Waals surface area (Å²) in [4.78, 5) is 14.7. The van der Waals surface area contributed by atoms with Gasteiger partial charge in [-0.2, -0.15) is 0 Å². The molecule has 0 fully saturated rings. The quantitative estimate of drug-likeness (QED) is 0.796. The van der Waals surface area contributed by atoms with Crippen molar-refractivity contribution in [3.63, 3.8) is 0 Å².